The number of carbonyl (C=O) groups is 4. The van der Waals surface area contributed by atoms with Crippen molar-refractivity contribution < 1.29 is 77.7 Å². The molecule has 0 aliphatic carbocycles. The van der Waals surface area contributed by atoms with Crippen molar-refractivity contribution in [3.63, 3.8) is 0 Å². The second kappa shape index (κ2) is 20.5. The highest BCUT2D eigenvalue weighted by Crippen LogP contribution is 2.42. The van der Waals surface area contributed by atoms with Crippen molar-refractivity contribution in [2.45, 2.75) is 110 Å². The Morgan fingerprint density at radius 2 is 1.41 bits per heavy atom. The van der Waals surface area contributed by atoms with Crippen molar-refractivity contribution in [2.75, 3.05) is 6.54 Å². The summed E-state index contributed by atoms with van der Waals surface area (Å²) in [5.74, 6) is -6.17. The van der Waals surface area contributed by atoms with Crippen LogP contribution in [0, 0.1) is 26.0 Å². The number of ether oxygens (including phenoxy) is 2. The molecule has 25 heteroatoms. The van der Waals surface area contributed by atoms with Crippen LogP contribution in [-0.4, -0.2) is 92.7 Å². The molecule has 6 N–H and O–H groups in total. The largest absolute Gasteiger partial charge is 0.444 e. The van der Waals surface area contributed by atoms with E-state index in [0.29, 0.717) is 54.0 Å². The average Bonchev–Trinajstić information content (AvgIpc) is 3.64. The minimum Gasteiger partial charge on any atom is -0.444 e. The predicted octanol–water partition coefficient (Wildman–Crippen LogP) is 7.28. The molecule has 0 aliphatic rings. The van der Waals surface area contributed by atoms with E-state index in [2.05, 4.69) is 15.2 Å². The van der Waals surface area contributed by atoms with Gasteiger partial charge in [-0.3, -0.25) is 15.0 Å². The first-order valence-electron chi connectivity index (χ1n) is 18.8. The molecule has 1 heterocycles. The molecule has 0 radical (unpaired) electrons. The number of aliphatic hydroxyl groups is 1. The molecule has 0 saturated heterocycles. The monoisotopic (exact) mass is 1040 g/mol. The number of carbonyl (C=O) groups excluding carboxylic acids is 4. The Kier molecular flexibility index (Phi) is 17.1. The van der Waals surface area contributed by atoms with Crippen LogP contribution in [-0.2, 0) is 32.0 Å². The van der Waals surface area contributed by atoms with Gasteiger partial charge in [0, 0.05) is 34.0 Å². The fourth-order valence-corrected chi connectivity index (χ4v) is 6.15. The van der Waals surface area contributed by atoms with Crippen LogP contribution >= 0.6 is 22.6 Å². The van der Waals surface area contributed by atoms with Gasteiger partial charge in [-0.15, -0.1) is 0 Å². The molecule has 1 aromatic heterocycles. The number of alkyl carbamates (subject to hydrolysis) is 1. The van der Waals surface area contributed by atoms with Gasteiger partial charge in [-0.25, -0.2) is 28.1 Å². The highest BCUT2D eigenvalue weighted by atomic mass is 127. The van der Waals surface area contributed by atoms with Crippen molar-refractivity contribution in [3.05, 3.63) is 75.0 Å². The molecule has 4 unspecified atom stereocenters. The summed E-state index contributed by atoms with van der Waals surface area (Å²) < 4.78 is 154. The number of aromatic nitrogens is 2. The molecule has 64 heavy (non-hydrogen) atoms. The third-order valence-corrected chi connectivity index (χ3v) is 10.4. The lowest BCUT2D eigenvalue weighted by molar-refractivity contribution is -0.239. The van der Waals surface area contributed by atoms with E-state index >= 15 is 8.78 Å². The van der Waals surface area contributed by atoms with E-state index in [1.165, 1.54) is 32.9 Å². The molecule has 0 fully saturated rings. The van der Waals surface area contributed by atoms with Crippen LogP contribution in [0.2, 0.25) is 0 Å². The van der Waals surface area contributed by atoms with Crippen molar-refractivity contribution >= 4 is 46.6 Å². The number of nitrogens with one attached hydrogen (secondary N) is 3. The predicted molar refractivity (Wildman–Crippen MR) is 215 cm³/mol. The van der Waals surface area contributed by atoms with E-state index in [9.17, 15) is 59.4 Å². The first-order chi connectivity index (χ1) is 29.1. The summed E-state index contributed by atoms with van der Waals surface area (Å²) in [4.78, 5) is 52.1. The fourth-order valence-electron chi connectivity index (χ4n) is 5.79. The minimum atomic E-state index is -5.27. The third-order valence-electron chi connectivity index (χ3n) is 9.66. The molecule has 3 rings (SSSR count). The van der Waals surface area contributed by atoms with Crippen LogP contribution in [0.1, 0.15) is 66.1 Å². The number of benzene rings is 2. The third kappa shape index (κ3) is 14.0. The molecule has 0 bridgehead atoms. The minimum absolute atomic E-state index is 0.191. The lowest BCUT2D eigenvalue weighted by Crippen LogP contribution is -2.63. The molecule has 3 aromatic rings. The summed E-state index contributed by atoms with van der Waals surface area (Å²) in [6.45, 7) is 0.948. The number of amides is 4. The molecule has 356 valence electrons. The molecule has 0 saturated carbocycles. The van der Waals surface area contributed by atoms with Gasteiger partial charge < -0.3 is 30.9 Å². The van der Waals surface area contributed by atoms with Gasteiger partial charge in [0.05, 0.1) is 23.3 Å². The van der Waals surface area contributed by atoms with Crippen molar-refractivity contribution in [1.29, 1.82) is 0 Å². The SMILES string of the molecule is CC(C)(C)OC(=O)NC(C(=O)NC(Cc1ccc(I)cc1)C(O)CN(Cc1c(F)cc(-c2ccn(C(F)F)n2)cc1F)NC(=O)C(OC(N)=O)C(C)(C)C(F)(F)F)C(C)(C)C(F)(F)F. The zero-order chi connectivity index (χ0) is 48.9. The van der Waals surface area contributed by atoms with Gasteiger partial charge >= 0.3 is 31.1 Å². The molecule has 4 atom stereocenters. The number of aliphatic hydroxyl groups excluding tert-OH is 1. The number of hydrazine groups is 1. The van der Waals surface area contributed by atoms with Gasteiger partial charge in [0.1, 0.15) is 28.7 Å². The van der Waals surface area contributed by atoms with E-state index in [1.54, 1.807) is 12.1 Å². The Balaban J connectivity index is 2.16. The van der Waals surface area contributed by atoms with Gasteiger partial charge in [0.2, 0.25) is 5.91 Å². The van der Waals surface area contributed by atoms with Crippen molar-refractivity contribution in [1.82, 2.24) is 30.8 Å². The first-order valence-corrected chi connectivity index (χ1v) is 19.9. The standard InChI is InChI=1S/C39H46F10IN7O7/c1-35(2,3)64-34(62)53-28(36(4,5)38(44,45)46)30(59)52-26(14-19-8-10-21(50)11-9-19)27(58)18-56(55-31(60)29(63-33(51)61)37(6,7)39(47,48)49)17-22-23(40)15-20(16-24(22)41)25-12-13-57(54-25)32(42)43/h8-13,15-16,26-29,32,58H,14,17-18H2,1-7H3,(H2,51,61)(H,52,59)(H,53,62)(H,55,60). The van der Waals surface area contributed by atoms with Gasteiger partial charge in [0.25, 0.3) is 5.91 Å². The lowest BCUT2D eigenvalue weighted by Gasteiger charge is -2.38. The maximum Gasteiger partial charge on any atom is 0.408 e. The van der Waals surface area contributed by atoms with Gasteiger partial charge in [-0.2, -0.15) is 40.2 Å². The maximum absolute atomic E-state index is 15.8. The highest BCUT2D eigenvalue weighted by molar-refractivity contribution is 14.1. The number of hydrogen-bond donors (Lipinski definition) is 5. The Hall–Kier alpha value is -4.92. The van der Waals surface area contributed by atoms with E-state index in [-0.39, 0.29) is 15.9 Å². The molecular formula is C39H46F10IN7O7. The molecule has 0 aliphatic heterocycles. The Labute approximate surface area is 373 Å². The quantitative estimate of drug-likeness (QED) is 0.0526. The first kappa shape index (κ1) is 53.4. The highest BCUT2D eigenvalue weighted by Gasteiger charge is 2.58. The van der Waals surface area contributed by atoms with Crippen LogP contribution in [0.4, 0.5) is 53.5 Å². The summed E-state index contributed by atoms with van der Waals surface area (Å²) in [5, 5.41) is 19.9. The molecule has 2 aromatic carbocycles. The van der Waals surface area contributed by atoms with E-state index in [0.717, 1.165) is 12.3 Å². The number of rotatable bonds is 17. The summed E-state index contributed by atoms with van der Waals surface area (Å²) in [6, 6.07) is 4.33. The Bertz CT molecular complexity index is 2110. The van der Waals surface area contributed by atoms with Gasteiger partial charge in [-0.05, 0) is 113 Å². The molecular weight excluding hydrogens is 995 g/mol. The summed E-state index contributed by atoms with van der Waals surface area (Å²) >= 11 is 1.95. The van der Waals surface area contributed by atoms with E-state index in [1.807, 2.05) is 33.3 Å². The topological polar surface area (TPSA) is 190 Å². The number of halogens is 11. The van der Waals surface area contributed by atoms with Gasteiger partial charge in [0.15, 0.2) is 6.10 Å². The maximum atomic E-state index is 15.8. The smallest absolute Gasteiger partial charge is 0.408 e. The number of alkyl halides is 8. The van der Waals surface area contributed by atoms with Crippen LogP contribution in [0.25, 0.3) is 11.3 Å². The van der Waals surface area contributed by atoms with E-state index < -0.39 is 120 Å². The zero-order valence-corrected chi connectivity index (χ0v) is 37.3. The molecule has 0 spiro atoms. The second-order valence-electron chi connectivity index (χ2n) is 16.6. The van der Waals surface area contributed by atoms with Gasteiger partial charge in [-0.1, -0.05) is 12.1 Å². The Morgan fingerprint density at radius 1 is 0.859 bits per heavy atom. The Morgan fingerprint density at radius 3 is 1.88 bits per heavy atom. The summed E-state index contributed by atoms with van der Waals surface area (Å²) in [6.07, 6.45) is -18.2. The zero-order valence-electron chi connectivity index (χ0n) is 35.1. The van der Waals surface area contributed by atoms with Crippen LogP contribution < -0.4 is 21.8 Å². The average molecular weight is 1040 g/mol. The normalized spacial score (nSPS) is 14.7. The van der Waals surface area contributed by atoms with Crippen LogP contribution in [0.5, 0.6) is 0 Å². The lowest BCUT2D eigenvalue weighted by atomic mass is 9.82. The number of nitrogens with zero attached hydrogens (tertiary/aromatic N) is 3. The second-order valence-corrected chi connectivity index (χ2v) is 17.8. The summed E-state index contributed by atoms with van der Waals surface area (Å²) in [7, 11) is 0. The molecule has 14 nitrogen and oxygen atoms in total. The fraction of sp³-hybridized carbons (Fsp3) is 0.513. The van der Waals surface area contributed by atoms with Crippen molar-refractivity contribution in [2.24, 2.45) is 16.6 Å². The molecule has 4 amide bonds. The summed E-state index contributed by atoms with van der Waals surface area (Å²) in [5.41, 5.74) is -1.83. The van der Waals surface area contributed by atoms with Crippen LogP contribution in [0.3, 0.4) is 0 Å². The number of primary amides is 1. The number of nitrogens with two attached hydrogens (primary N) is 1. The van der Waals surface area contributed by atoms with Crippen molar-refractivity contribution in [3.8, 4) is 11.3 Å². The van der Waals surface area contributed by atoms with E-state index in [4.69, 9.17) is 10.5 Å². The number of hydrogen-bond acceptors (Lipinski definition) is 9. The van der Waals surface area contributed by atoms with Crippen LogP contribution in [0.15, 0.2) is 48.7 Å².